The minimum Gasteiger partial charge on any atom is -0.454 e. The molecule has 0 unspecified atom stereocenters. The predicted molar refractivity (Wildman–Crippen MR) is 96.9 cm³/mol. The van der Waals surface area contributed by atoms with Gasteiger partial charge in [0.25, 0.3) is 0 Å². The van der Waals surface area contributed by atoms with E-state index in [9.17, 15) is 5.11 Å². The van der Waals surface area contributed by atoms with Crippen molar-refractivity contribution in [3.05, 3.63) is 59.7 Å². The number of hydrogen-bond donors (Lipinski definition) is 1. The highest BCUT2D eigenvalue weighted by Crippen LogP contribution is 2.39. The van der Waals surface area contributed by atoms with E-state index in [1.807, 2.05) is 18.2 Å². The van der Waals surface area contributed by atoms with Gasteiger partial charge in [-0.1, -0.05) is 36.4 Å². The monoisotopic (exact) mass is 339 g/mol. The number of likely N-dealkylation sites (tertiary alicyclic amines) is 1. The van der Waals surface area contributed by atoms with Gasteiger partial charge in [0.05, 0.1) is 5.60 Å². The molecule has 2 aromatic carbocycles. The van der Waals surface area contributed by atoms with E-state index in [2.05, 4.69) is 35.2 Å². The lowest BCUT2D eigenvalue weighted by atomic mass is 9.84. The molecule has 1 saturated heterocycles. The fourth-order valence-corrected chi connectivity index (χ4v) is 3.77. The van der Waals surface area contributed by atoms with Gasteiger partial charge < -0.3 is 19.5 Å². The molecule has 0 bridgehead atoms. The number of piperidine rings is 1. The molecule has 0 aliphatic carbocycles. The van der Waals surface area contributed by atoms with Gasteiger partial charge in [-0.15, -0.1) is 0 Å². The molecule has 1 N–H and O–H groups in total. The molecule has 4 heteroatoms. The highest BCUT2D eigenvalue weighted by molar-refractivity contribution is 5.46. The minimum absolute atomic E-state index is 0.270. The second kappa shape index (κ2) is 7.06. The molecule has 2 heterocycles. The molecule has 2 aliphatic heterocycles. The summed E-state index contributed by atoms with van der Waals surface area (Å²) in [6.45, 7) is 3.22. The number of rotatable bonds is 5. The molecule has 1 fully saturated rings. The number of ether oxygens (including phenoxy) is 2. The highest BCUT2D eigenvalue weighted by atomic mass is 16.7. The van der Waals surface area contributed by atoms with Crippen molar-refractivity contribution in [3.63, 3.8) is 0 Å². The topological polar surface area (TPSA) is 41.9 Å². The van der Waals surface area contributed by atoms with Crippen LogP contribution in [0.5, 0.6) is 11.5 Å². The zero-order valence-corrected chi connectivity index (χ0v) is 14.5. The predicted octanol–water partition coefficient (Wildman–Crippen LogP) is 3.33. The molecule has 0 aromatic heterocycles. The van der Waals surface area contributed by atoms with Gasteiger partial charge in [0.1, 0.15) is 0 Å². The molecular weight excluding hydrogens is 314 g/mol. The van der Waals surface area contributed by atoms with Crippen molar-refractivity contribution in [1.29, 1.82) is 0 Å². The number of hydrogen-bond acceptors (Lipinski definition) is 4. The Morgan fingerprint density at radius 1 is 0.960 bits per heavy atom. The van der Waals surface area contributed by atoms with E-state index in [0.29, 0.717) is 0 Å². The minimum atomic E-state index is -0.753. The number of aliphatic hydroxyl groups is 1. The first-order valence-electron chi connectivity index (χ1n) is 9.12. The van der Waals surface area contributed by atoms with Crippen LogP contribution in [0.3, 0.4) is 0 Å². The quantitative estimate of drug-likeness (QED) is 0.907. The first kappa shape index (κ1) is 16.4. The normalized spacial score (nSPS) is 19.1. The van der Waals surface area contributed by atoms with Crippen LogP contribution in [0.25, 0.3) is 0 Å². The van der Waals surface area contributed by atoms with Crippen molar-refractivity contribution in [1.82, 2.24) is 4.90 Å². The average Bonchev–Trinajstić information content (AvgIpc) is 3.12. The van der Waals surface area contributed by atoms with Gasteiger partial charge >= 0.3 is 0 Å². The zero-order valence-electron chi connectivity index (χ0n) is 14.5. The summed E-state index contributed by atoms with van der Waals surface area (Å²) in [6, 6.07) is 16.4. The molecule has 0 spiro atoms. The average molecular weight is 339 g/mol. The van der Waals surface area contributed by atoms with Gasteiger partial charge in [0.15, 0.2) is 11.5 Å². The zero-order chi connectivity index (χ0) is 17.1. The summed E-state index contributed by atoms with van der Waals surface area (Å²) in [5.74, 6) is 1.52. The number of aryl methyl sites for hydroxylation is 1. The first-order valence-corrected chi connectivity index (χ1v) is 9.12. The molecule has 4 nitrogen and oxygen atoms in total. The Morgan fingerprint density at radius 3 is 2.52 bits per heavy atom. The molecule has 0 amide bonds. The fourth-order valence-electron chi connectivity index (χ4n) is 3.77. The van der Waals surface area contributed by atoms with Crippen LogP contribution in [0, 0.1) is 0 Å². The maximum Gasteiger partial charge on any atom is 0.231 e. The number of benzene rings is 2. The Bertz CT molecular complexity index is 708. The van der Waals surface area contributed by atoms with Crippen LogP contribution in [0.2, 0.25) is 0 Å². The van der Waals surface area contributed by atoms with Crippen molar-refractivity contribution < 1.29 is 14.6 Å². The Kier molecular flexibility index (Phi) is 4.64. The largest absolute Gasteiger partial charge is 0.454 e. The Balaban J connectivity index is 1.30. The highest BCUT2D eigenvalue weighted by Gasteiger charge is 2.34. The van der Waals surface area contributed by atoms with Gasteiger partial charge in [0.2, 0.25) is 6.79 Å². The summed E-state index contributed by atoms with van der Waals surface area (Å²) in [6.07, 6.45) is 3.80. The van der Waals surface area contributed by atoms with Crippen LogP contribution in [0.4, 0.5) is 0 Å². The van der Waals surface area contributed by atoms with Gasteiger partial charge in [0, 0.05) is 13.1 Å². The third-order valence-electron chi connectivity index (χ3n) is 5.38. The Hall–Kier alpha value is -2.04. The van der Waals surface area contributed by atoms with E-state index >= 15 is 0 Å². The summed E-state index contributed by atoms with van der Waals surface area (Å²) >= 11 is 0. The van der Waals surface area contributed by atoms with Crippen LogP contribution in [0.1, 0.15) is 30.4 Å². The number of nitrogens with zero attached hydrogens (tertiary/aromatic N) is 1. The summed E-state index contributed by atoms with van der Waals surface area (Å²) < 4.78 is 10.8. The molecule has 4 rings (SSSR count). The lowest BCUT2D eigenvalue weighted by Gasteiger charge is -2.38. The van der Waals surface area contributed by atoms with Crippen molar-refractivity contribution in [2.45, 2.75) is 31.3 Å². The lowest BCUT2D eigenvalue weighted by molar-refractivity contribution is -0.0260. The summed E-state index contributed by atoms with van der Waals surface area (Å²) in [7, 11) is 0. The Morgan fingerprint density at radius 2 is 1.72 bits per heavy atom. The van der Waals surface area contributed by atoms with E-state index in [1.165, 1.54) is 5.56 Å². The summed E-state index contributed by atoms with van der Waals surface area (Å²) in [4.78, 5) is 2.46. The van der Waals surface area contributed by atoms with E-state index in [0.717, 1.165) is 62.4 Å². The SMILES string of the molecule is OC1(c2ccc3c(c2)OCO3)CCN(CCCc2ccccc2)CC1. The van der Waals surface area contributed by atoms with Crippen molar-refractivity contribution in [2.24, 2.45) is 0 Å². The molecule has 132 valence electrons. The molecule has 0 saturated carbocycles. The van der Waals surface area contributed by atoms with E-state index < -0.39 is 5.60 Å². The van der Waals surface area contributed by atoms with Gasteiger partial charge in [-0.3, -0.25) is 0 Å². The van der Waals surface area contributed by atoms with Crippen LogP contribution in [-0.4, -0.2) is 36.4 Å². The van der Waals surface area contributed by atoms with E-state index in [-0.39, 0.29) is 6.79 Å². The molecular formula is C21H25NO3. The maximum atomic E-state index is 11.1. The lowest BCUT2D eigenvalue weighted by Crippen LogP contribution is -2.42. The molecule has 25 heavy (non-hydrogen) atoms. The molecule has 0 atom stereocenters. The van der Waals surface area contributed by atoms with Crippen LogP contribution >= 0.6 is 0 Å². The van der Waals surface area contributed by atoms with Crippen molar-refractivity contribution in [2.75, 3.05) is 26.4 Å². The van der Waals surface area contributed by atoms with Gasteiger partial charge in [-0.05, 0) is 55.5 Å². The van der Waals surface area contributed by atoms with E-state index in [4.69, 9.17) is 9.47 Å². The molecule has 0 radical (unpaired) electrons. The third-order valence-corrected chi connectivity index (χ3v) is 5.38. The van der Waals surface area contributed by atoms with Crippen molar-refractivity contribution >= 4 is 0 Å². The van der Waals surface area contributed by atoms with Gasteiger partial charge in [-0.25, -0.2) is 0 Å². The standard InChI is InChI=1S/C21H25NO3/c23-21(18-8-9-19-20(15-18)25-16-24-19)10-13-22(14-11-21)12-4-7-17-5-2-1-3-6-17/h1-3,5-6,8-9,15,23H,4,7,10-14,16H2. The summed E-state index contributed by atoms with van der Waals surface area (Å²) in [5.41, 5.74) is 1.59. The smallest absolute Gasteiger partial charge is 0.231 e. The van der Waals surface area contributed by atoms with Crippen LogP contribution < -0.4 is 9.47 Å². The maximum absolute atomic E-state index is 11.1. The van der Waals surface area contributed by atoms with E-state index in [1.54, 1.807) is 0 Å². The fraction of sp³-hybridized carbons (Fsp3) is 0.429. The third kappa shape index (κ3) is 3.65. The second-order valence-corrected chi connectivity index (χ2v) is 7.03. The number of fused-ring (bicyclic) bond motifs is 1. The molecule has 2 aliphatic rings. The van der Waals surface area contributed by atoms with Crippen molar-refractivity contribution in [3.8, 4) is 11.5 Å². The van der Waals surface area contributed by atoms with Crippen LogP contribution in [-0.2, 0) is 12.0 Å². The Labute approximate surface area is 149 Å². The molecule has 2 aromatic rings. The second-order valence-electron chi connectivity index (χ2n) is 7.03. The van der Waals surface area contributed by atoms with Gasteiger partial charge in [-0.2, -0.15) is 0 Å². The van der Waals surface area contributed by atoms with Crippen LogP contribution in [0.15, 0.2) is 48.5 Å². The first-order chi connectivity index (χ1) is 12.2. The summed E-state index contributed by atoms with van der Waals surface area (Å²) in [5, 5.41) is 11.1.